The lowest BCUT2D eigenvalue weighted by molar-refractivity contribution is 0.660. The second kappa shape index (κ2) is 15.5. The van der Waals surface area contributed by atoms with E-state index in [0.29, 0.717) is 0 Å². The first kappa shape index (κ1) is 38.4. The highest BCUT2D eigenvalue weighted by Gasteiger charge is 2.38. The van der Waals surface area contributed by atoms with Crippen LogP contribution in [0.25, 0.3) is 83.3 Å². The van der Waals surface area contributed by atoms with Gasteiger partial charge in [-0.1, -0.05) is 232 Å². The van der Waals surface area contributed by atoms with Gasteiger partial charge in [0.2, 0.25) is 0 Å². The fourth-order valence-electron chi connectivity index (χ4n) is 10.3. The molecule has 0 unspecified atom stereocenters. The van der Waals surface area contributed by atoms with Crippen molar-refractivity contribution in [3.8, 4) is 67.0 Å². The van der Waals surface area contributed by atoms with Crippen molar-refractivity contribution < 1.29 is 0 Å². The highest BCUT2D eigenvalue weighted by atomic mass is 15.3. The summed E-state index contributed by atoms with van der Waals surface area (Å²) in [7, 11) is 0. The Kier molecular flexibility index (Phi) is 9.17. The predicted molar refractivity (Wildman–Crippen MR) is 272 cm³/mol. The molecule has 0 atom stereocenters. The molecule has 0 N–H and O–H groups in total. The molecule has 0 fully saturated rings. The summed E-state index contributed by atoms with van der Waals surface area (Å²) in [6.07, 6.45) is 0. The number of pyridine rings is 1. The molecule has 3 nitrogen and oxygen atoms in total. The molecule has 0 radical (unpaired) electrons. The van der Waals surface area contributed by atoms with Crippen LogP contribution in [0.3, 0.4) is 0 Å². The molecule has 11 aromatic rings. The summed E-state index contributed by atoms with van der Waals surface area (Å²) in [5.74, 6) is 0. The van der Waals surface area contributed by atoms with E-state index in [0.717, 1.165) is 72.6 Å². The molecule has 308 valence electrons. The number of aromatic nitrogens is 2. The minimum atomic E-state index is -0.186. The van der Waals surface area contributed by atoms with Gasteiger partial charge in [0.1, 0.15) is 5.69 Å². The van der Waals surface area contributed by atoms with Crippen molar-refractivity contribution in [1.29, 1.82) is 0 Å². The van der Waals surface area contributed by atoms with Crippen LogP contribution in [0.2, 0.25) is 0 Å². The Bertz CT molecular complexity index is 3520. The zero-order valence-electron chi connectivity index (χ0n) is 36.4. The Morgan fingerprint density at radius 1 is 0.385 bits per heavy atom. The monoisotopic (exact) mass is 831 g/mol. The summed E-state index contributed by atoms with van der Waals surface area (Å²) in [5.41, 5.74) is 20.4. The molecule has 1 aliphatic carbocycles. The number of hydrogen-bond donors (Lipinski definition) is 0. The molecule has 2 heterocycles. The topological polar surface area (TPSA) is 20.5 Å². The zero-order valence-corrected chi connectivity index (χ0v) is 36.4. The van der Waals surface area contributed by atoms with Crippen LogP contribution in [0.5, 0.6) is 0 Å². The van der Waals surface area contributed by atoms with Crippen LogP contribution in [0.4, 0.5) is 17.1 Å². The molecule has 65 heavy (non-hydrogen) atoms. The maximum Gasteiger partial charge on any atom is 0.101 e. The molecule has 0 saturated heterocycles. The third-order valence-corrected chi connectivity index (χ3v) is 13.4. The third kappa shape index (κ3) is 6.31. The summed E-state index contributed by atoms with van der Waals surface area (Å²) < 4.78 is 2.24. The van der Waals surface area contributed by atoms with Crippen LogP contribution in [0.1, 0.15) is 25.0 Å². The summed E-state index contributed by atoms with van der Waals surface area (Å²) in [6, 6.07) is 85.7. The van der Waals surface area contributed by atoms with Gasteiger partial charge in [0, 0.05) is 44.1 Å². The van der Waals surface area contributed by atoms with Crippen LogP contribution in [-0.2, 0) is 5.41 Å². The first-order valence-electron chi connectivity index (χ1n) is 22.5. The highest BCUT2D eigenvalue weighted by Crippen LogP contribution is 2.56. The standard InChI is InChI=1S/C62H45N3/c1-62(2)53-31-18-17-30-52(53)57-54(62)32-19-33-55(57)64(49-40-38-45(39-41-49)44-36-34-43(35-37-44)42-20-7-3-8-21-42)61-51-29-16-15-28-50(51)60-56(46-22-9-4-10-23-46)58(47-24-11-5-12-25-47)63-65(60)59(61)48-26-13-6-14-27-48/h3-41H,1-2H3. The van der Waals surface area contributed by atoms with E-state index in [1.165, 1.54) is 38.9 Å². The summed E-state index contributed by atoms with van der Waals surface area (Å²) in [6.45, 7) is 4.72. The smallest absolute Gasteiger partial charge is 0.101 e. The van der Waals surface area contributed by atoms with Crippen LogP contribution >= 0.6 is 0 Å². The highest BCUT2D eigenvalue weighted by molar-refractivity contribution is 6.16. The maximum absolute atomic E-state index is 5.72. The summed E-state index contributed by atoms with van der Waals surface area (Å²) in [4.78, 5) is 2.52. The van der Waals surface area contributed by atoms with E-state index < -0.39 is 0 Å². The molecule has 0 amide bonds. The minimum Gasteiger partial charge on any atom is -0.307 e. The fraction of sp³-hybridized carbons (Fsp3) is 0.0484. The lowest BCUT2D eigenvalue weighted by atomic mass is 9.82. The largest absolute Gasteiger partial charge is 0.307 e. The van der Waals surface area contributed by atoms with Gasteiger partial charge < -0.3 is 4.90 Å². The summed E-state index contributed by atoms with van der Waals surface area (Å²) >= 11 is 0. The number of benzene rings is 9. The molecule has 0 bridgehead atoms. The van der Waals surface area contributed by atoms with Gasteiger partial charge in [0.15, 0.2) is 0 Å². The Labute approximate surface area is 380 Å². The number of nitrogens with zero attached hydrogens (tertiary/aromatic N) is 3. The molecule has 12 rings (SSSR count). The fourth-order valence-corrected chi connectivity index (χ4v) is 10.3. The summed E-state index contributed by atoms with van der Waals surface area (Å²) in [5, 5.41) is 7.99. The molecule has 2 aromatic heterocycles. The molecule has 0 aliphatic heterocycles. The molecule has 3 heteroatoms. The Morgan fingerprint density at radius 3 is 1.49 bits per heavy atom. The first-order chi connectivity index (χ1) is 32.0. The number of hydrogen-bond acceptors (Lipinski definition) is 2. The van der Waals surface area contributed by atoms with E-state index in [2.05, 4.69) is 260 Å². The number of fused-ring (bicyclic) bond motifs is 6. The Hall–Kier alpha value is -8.27. The van der Waals surface area contributed by atoms with E-state index in [9.17, 15) is 0 Å². The van der Waals surface area contributed by atoms with E-state index in [1.807, 2.05) is 0 Å². The number of anilines is 3. The van der Waals surface area contributed by atoms with Crippen molar-refractivity contribution >= 4 is 33.4 Å². The van der Waals surface area contributed by atoms with Gasteiger partial charge in [-0.25, -0.2) is 4.52 Å². The number of rotatable bonds is 8. The average molecular weight is 832 g/mol. The van der Waals surface area contributed by atoms with Gasteiger partial charge in [-0.05, 0) is 62.7 Å². The van der Waals surface area contributed by atoms with Crippen LogP contribution in [0.15, 0.2) is 237 Å². The van der Waals surface area contributed by atoms with Gasteiger partial charge >= 0.3 is 0 Å². The first-order valence-corrected chi connectivity index (χ1v) is 22.5. The Balaban J connectivity index is 1.18. The van der Waals surface area contributed by atoms with Crippen molar-refractivity contribution in [3.05, 3.63) is 248 Å². The van der Waals surface area contributed by atoms with Crippen molar-refractivity contribution in [2.24, 2.45) is 0 Å². The SMILES string of the molecule is CC1(C)c2ccccc2-c2c(N(c3ccc(-c4ccc(-c5ccccc5)cc4)cc3)c3c(-c4ccccc4)n4nc(-c5ccccc5)c(-c5ccccc5)c4c4ccccc34)cccc21. The lowest BCUT2D eigenvalue weighted by Gasteiger charge is -2.32. The lowest BCUT2D eigenvalue weighted by Crippen LogP contribution is -2.17. The van der Waals surface area contributed by atoms with Crippen LogP contribution in [-0.4, -0.2) is 9.61 Å². The maximum atomic E-state index is 5.72. The van der Waals surface area contributed by atoms with E-state index >= 15 is 0 Å². The third-order valence-electron chi connectivity index (χ3n) is 13.4. The van der Waals surface area contributed by atoms with Gasteiger partial charge in [-0.3, -0.25) is 0 Å². The van der Waals surface area contributed by atoms with E-state index in [4.69, 9.17) is 5.10 Å². The van der Waals surface area contributed by atoms with E-state index in [-0.39, 0.29) is 5.41 Å². The average Bonchev–Trinajstić information content (AvgIpc) is 3.89. The van der Waals surface area contributed by atoms with Gasteiger partial charge in [-0.15, -0.1) is 0 Å². The minimum absolute atomic E-state index is 0.186. The van der Waals surface area contributed by atoms with Crippen LogP contribution in [0, 0.1) is 0 Å². The zero-order chi connectivity index (χ0) is 43.5. The second-order valence-electron chi connectivity index (χ2n) is 17.5. The van der Waals surface area contributed by atoms with E-state index in [1.54, 1.807) is 0 Å². The molecule has 0 saturated carbocycles. The van der Waals surface area contributed by atoms with Crippen molar-refractivity contribution in [2.75, 3.05) is 4.90 Å². The van der Waals surface area contributed by atoms with Gasteiger partial charge in [0.05, 0.1) is 22.6 Å². The van der Waals surface area contributed by atoms with Crippen molar-refractivity contribution in [3.63, 3.8) is 0 Å². The van der Waals surface area contributed by atoms with Crippen molar-refractivity contribution in [1.82, 2.24) is 9.61 Å². The molecule has 0 spiro atoms. The normalized spacial score (nSPS) is 12.6. The predicted octanol–water partition coefficient (Wildman–Crippen LogP) is 16.6. The van der Waals surface area contributed by atoms with Gasteiger partial charge in [-0.2, -0.15) is 5.10 Å². The quantitative estimate of drug-likeness (QED) is 0.152. The Morgan fingerprint density at radius 2 is 0.862 bits per heavy atom. The molecular formula is C62H45N3. The van der Waals surface area contributed by atoms with Crippen molar-refractivity contribution in [2.45, 2.75) is 19.3 Å². The van der Waals surface area contributed by atoms with Crippen LogP contribution < -0.4 is 4.90 Å². The molecule has 9 aromatic carbocycles. The second-order valence-corrected chi connectivity index (χ2v) is 17.5. The van der Waals surface area contributed by atoms with Gasteiger partial charge in [0.25, 0.3) is 0 Å². The molecular weight excluding hydrogens is 787 g/mol. The molecule has 1 aliphatic rings.